The lowest BCUT2D eigenvalue weighted by molar-refractivity contribution is -0.127. The molecule has 1 heterocycles. The van der Waals surface area contributed by atoms with E-state index in [9.17, 15) is 14.0 Å². The molecule has 3 rings (SSSR count). The van der Waals surface area contributed by atoms with Gasteiger partial charge in [-0.15, -0.1) is 0 Å². The molecule has 138 valence electrons. The van der Waals surface area contributed by atoms with Crippen molar-refractivity contribution in [1.29, 1.82) is 0 Å². The van der Waals surface area contributed by atoms with Gasteiger partial charge >= 0.3 is 0 Å². The van der Waals surface area contributed by atoms with Crippen molar-refractivity contribution in [3.05, 3.63) is 59.9 Å². The fourth-order valence-electron chi connectivity index (χ4n) is 2.25. The summed E-state index contributed by atoms with van der Waals surface area (Å²) in [5.41, 5.74) is 0.302. The Labute approximate surface area is 155 Å². The van der Waals surface area contributed by atoms with E-state index in [0.717, 1.165) is 0 Å². The third kappa shape index (κ3) is 4.08. The van der Waals surface area contributed by atoms with Gasteiger partial charge in [-0.2, -0.15) is 4.98 Å². The minimum absolute atomic E-state index is 0.0425. The molecule has 0 spiro atoms. The highest BCUT2D eigenvalue weighted by Crippen LogP contribution is 2.24. The summed E-state index contributed by atoms with van der Waals surface area (Å²) in [5.74, 6) is -1.11. The maximum Gasteiger partial charge on any atom is 0.261 e. The summed E-state index contributed by atoms with van der Waals surface area (Å²) >= 11 is 0. The molecule has 0 bridgehead atoms. The molecule has 0 saturated carbocycles. The molecular formula is C20H18FN3O3. The Morgan fingerprint density at radius 1 is 1.07 bits per heavy atom. The SMILES string of the molecule is CC(C)(C)C(=O)NC(=O)c1cccc(-c2noc(-c3ccccc3F)n2)c1. The topological polar surface area (TPSA) is 85.1 Å². The third-order valence-corrected chi connectivity index (χ3v) is 3.82. The van der Waals surface area contributed by atoms with Crippen LogP contribution in [0.15, 0.2) is 53.1 Å². The van der Waals surface area contributed by atoms with Gasteiger partial charge in [0, 0.05) is 16.5 Å². The second-order valence-electron chi connectivity index (χ2n) is 7.02. The Bertz CT molecular complexity index is 1010. The fourth-order valence-corrected chi connectivity index (χ4v) is 2.25. The molecule has 6 nitrogen and oxygen atoms in total. The minimum Gasteiger partial charge on any atom is -0.334 e. The number of rotatable bonds is 3. The Morgan fingerprint density at radius 2 is 1.81 bits per heavy atom. The van der Waals surface area contributed by atoms with Gasteiger partial charge in [0.1, 0.15) is 5.82 Å². The van der Waals surface area contributed by atoms with Gasteiger partial charge in [-0.1, -0.05) is 50.2 Å². The van der Waals surface area contributed by atoms with Gasteiger partial charge in [-0.25, -0.2) is 4.39 Å². The first kappa shape index (κ1) is 18.4. The van der Waals surface area contributed by atoms with Crippen LogP contribution in [-0.2, 0) is 4.79 Å². The van der Waals surface area contributed by atoms with Gasteiger partial charge in [0.15, 0.2) is 0 Å². The second kappa shape index (κ2) is 7.11. The first-order valence-electron chi connectivity index (χ1n) is 8.30. The first-order chi connectivity index (χ1) is 12.8. The number of amides is 2. The summed E-state index contributed by atoms with van der Waals surface area (Å²) in [4.78, 5) is 28.5. The minimum atomic E-state index is -0.685. The van der Waals surface area contributed by atoms with Crippen molar-refractivity contribution in [3.8, 4) is 22.8 Å². The number of halogens is 1. The van der Waals surface area contributed by atoms with Crippen LogP contribution >= 0.6 is 0 Å². The lowest BCUT2D eigenvalue weighted by Crippen LogP contribution is -2.38. The normalized spacial score (nSPS) is 11.3. The zero-order chi connectivity index (χ0) is 19.6. The smallest absolute Gasteiger partial charge is 0.261 e. The van der Waals surface area contributed by atoms with E-state index in [1.807, 2.05) is 0 Å². The molecule has 3 aromatic rings. The van der Waals surface area contributed by atoms with E-state index in [4.69, 9.17) is 4.52 Å². The molecule has 0 fully saturated rings. The van der Waals surface area contributed by atoms with Crippen LogP contribution in [0.3, 0.4) is 0 Å². The van der Waals surface area contributed by atoms with Crippen molar-refractivity contribution >= 4 is 11.8 Å². The predicted octanol–water partition coefficient (Wildman–Crippen LogP) is 3.85. The van der Waals surface area contributed by atoms with Crippen LogP contribution in [0, 0.1) is 11.2 Å². The molecule has 0 aliphatic rings. The predicted molar refractivity (Wildman–Crippen MR) is 97.1 cm³/mol. The zero-order valence-corrected chi connectivity index (χ0v) is 15.1. The van der Waals surface area contributed by atoms with Gasteiger partial charge in [-0.3, -0.25) is 14.9 Å². The van der Waals surface area contributed by atoms with Crippen LogP contribution in [-0.4, -0.2) is 22.0 Å². The number of aromatic nitrogens is 2. The molecule has 1 N–H and O–H groups in total. The quantitative estimate of drug-likeness (QED) is 0.760. The molecule has 0 atom stereocenters. The van der Waals surface area contributed by atoms with Crippen molar-refractivity contribution in [3.63, 3.8) is 0 Å². The Hall–Kier alpha value is -3.35. The number of carbonyl (C=O) groups excluding carboxylic acids is 2. The summed E-state index contributed by atoms with van der Waals surface area (Å²) in [6, 6.07) is 12.5. The maximum absolute atomic E-state index is 13.9. The molecule has 2 aromatic carbocycles. The number of carbonyl (C=O) groups is 2. The number of hydrogen-bond acceptors (Lipinski definition) is 5. The van der Waals surface area contributed by atoms with E-state index < -0.39 is 17.1 Å². The molecule has 0 aliphatic carbocycles. The highest BCUT2D eigenvalue weighted by atomic mass is 19.1. The van der Waals surface area contributed by atoms with Crippen LogP contribution in [0.2, 0.25) is 0 Å². The van der Waals surface area contributed by atoms with E-state index in [0.29, 0.717) is 5.56 Å². The maximum atomic E-state index is 13.9. The van der Waals surface area contributed by atoms with E-state index in [-0.39, 0.29) is 28.7 Å². The van der Waals surface area contributed by atoms with Crippen LogP contribution in [0.1, 0.15) is 31.1 Å². The molecule has 0 unspecified atom stereocenters. The average molecular weight is 367 g/mol. The Morgan fingerprint density at radius 3 is 2.52 bits per heavy atom. The van der Waals surface area contributed by atoms with Gasteiger partial charge in [0.05, 0.1) is 5.56 Å². The number of nitrogens with one attached hydrogen (secondary N) is 1. The molecule has 7 heteroatoms. The largest absolute Gasteiger partial charge is 0.334 e. The van der Waals surface area contributed by atoms with Gasteiger partial charge < -0.3 is 4.52 Å². The van der Waals surface area contributed by atoms with E-state index in [1.165, 1.54) is 12.1 Å². The van der Waals surface area contributed by atoms with E-state index in [1.54, 1.807) is 57.2 Å². The van der Waals surface area contributed by atoms with Crippen molar-refractivity contribution < 1.29 is 18.5 Å². The van der Waals surface area contributed by atoms with Crippen molar-refractivity contribution in [2.45, 2.75) is 20.8 Å². The summed E-state index contributed by atoms with van der Waals surface area (Å²) in [5, 5.41) is 6.21. The summed E-state index contributed by atoms with van der Waals surface area (Å²) in [7, 11) is 0. The van der Waals surface area contributed by atoms with Crippen molar-refractivity contribution in [2.24, 2.45) is 5.41 Å². The first-order valence-corrected chi connectivity index (χ1v) is 8.30. The number of nitrogens with zero attached hydrogens (tertiary/aromatic N) is 2. The molecule has 0 radical (unpaired) electrons. The standard InChI is InChI=1S/C20H18FN3O3/c1-20(2,3)19(26)23-17(25)13-8-6-7-12(11-13)16-22-18(27-24-16)14-9-4-5-10-15(14)21/h4-11H,1-3H3,(H,23,25,26). The third-order valence-electron chi connectivity index (χ3n) is 3.82. The Kier molecular flexibility index (Phi) is 4.85. The van der Waals surface area contributed by atoms with Crippen LogP contribution in [0.5, 0.6) is 0 Å². The summed E-state index contributed by atoms with van der Waals surface area (Å²) in [6.45, 7) is 5.15. The van der Waals surface area contributed by atoms with Crippen molar-refractivity contribution in [1.82, 2.24) is 15.5 Å². The molecule has 0 aliphatic heterocycles. The lowest BCUT2D eigenvalue weighted by Gasteiger charge is -2.16. The molecule has 0 saturated heterocycles. The lowest BCUT2D eigenvalue weighted by atomic mass is 9.95. The number of hydrogen-bond donors (Lipinski definition) is 1. The highest BCUT2D eigenvalue weighted by Gasteiger charge is 2.24. The zero-order valence-electron chi connectivity index (χ0n) is 15.1. The number of imide groups is 1. The van der Waals surface area contributed by atoms with E-state index >= 15 is 0 Å². The molecule has 27 heavy (non-hydrogen) atoms. The second-order valence-corrected chi connectivity index (χ2v) is 7.02. The molecular weight excluding hydrogens is 349 g/mol. The molecule has 1 aromatic heterocycles. The monoisotopic (exact) mass is 367 g/mol. The van der Waals surface area contributed by atoms with Gasteiger partial charge in [-0.05, 0) is 24.3 Å². The number of benzene rings is 2. The van der Waals surface area contributed by atoms with E-state index in [2.05, 4.69) is 15.5 Å². The summed E-state index contributed by atoms with van der Waals surface area (Å²) < 4.78 is 19.0. The van der Waals surface area contributed by atoms with Gasteiger partial charge in [0.2, 0.25) is 11.7 Å². The summed E-state index contributed by atoms with van der Waals surface area (Å²) in [6.07, 6.45) is 0. The molecule has 2 amide bonds. The van der Waals surface area contributed by atoms with Crippen LogP contribution in [0.4, 0.5) is 4.39 Å². The Balaban J connectivity index is 1.85. The van der Waals surface area contributed by atoms with Crippen LogP contribution in [0.25, 0.3) is 22.8 Å². The van der Waals surface area contributed by atoms with Gasteiger partial charge in [0.25, 0.3) is 11.8 Å². The fraction of sp³-hybridized carbons (Fsp3) is 0.200. The van der Waals surface area contributed by atoms with Crippen molar-refractivity contribution in [2.75, 3.05) is 0 Å². The van der Waals surface area contributed by atoms with Crippen LogP contribution < -0.4 is 5.32 Å². The highest BCUT2D eigenvalue weighted by molar-refractivity contribution is 6.06. The average Bonchev–Trinajstić information content (AvgIpc) is 3.11.